The average molecular weight is 431 g/mol. The van der Waals surface area contributed by atoms with Crippen LogP contribution in [0.3, 0.4) is 0 Å². The van der Waals surface area contributed by atoms with E-state index in [1.807, 2.05) is 90.7 Å². The lowest BCUT2D eigenvalue weighted by molar-refractivity contribution is 0.0320. The van der Waals surface area contributed by atoms with Crippen molar-refractivity contribution in [3.8, 4) is 11.5 Å². The molecule has 166 valence electrons. The van der Waals surface area contributed by atoms with Crippen LogP contribution in [0.1, 0.15) is 21.5 Å². The van der Waals surface area contributed by atoms with Gasteiger partial charge in [-0.1, -0.05) is 48.0 Å². The average Bonchev–Trinajstić information content (AvgIpc) is 2.83. The van der Waals surface area contributed by atoms with Crippen molar-refractivity contribution in [1.29, 1.82) is 0 Å². The Bertz CT molecular complexity index is 999. The van der Waals surface area contributed by atoms with Crippen LogP contribution in [0, 0.1) is 6.92 Å². The predicted molar refractivity (Wildman–Crippen MR) is 126 cm³/mol. The normalized spacial score (nSPS) is 14.2. The first kappa shape index (κ1) is 22.1. The van der Waals surface area contributed by atoms with Crippen molar-refractivity contribution in [2.24, 2.45) is 0 Å². The molecule has 4 rings (SSSR count). The summed E-state index contributed by atoms with van der Waals surface area (Å²) in [6.45, 7) is 7.39. The van der Waals surface area contributed by atoms with Crippen molar-refractivity contribution < 1.29 is 14.3 Å². The number of hydrogen-bond donors (Lipinski definition) is 0. The van der Waals surface area contributed by atoms with Gasteiger partial charge >= 0.3 is 0 Å². The summed E-state index contributed by atoms with van der Waals surface area (Å²) in [5.74, 6) is 1.61. The van der Waals surface area contributed by atoms with Gasteiger partial charge in [-0.3, -0.25) is 9.69 Å². The molecule has 0 atom stereocenters. The molecular weight excluding hydrogens is 400 g/mol. The number of carbonyl (C=O) groups excluding carboxylic acids is 1. The Labute approximate surface area is 190 Å². The van der Waals surface area contributed by atoms with Gasteiger partial charge < -0.3 is 14.4 Å². The predicted octanol–water partition coefficient (Wildman–Crippen LogP) is 4.76. The third-order valence-electron chi connectivity index (χ3n) is 5.63. The summed E-state index contributed by atoms with van der Waals surface area (Å²) in [4.78, 5) is 17.6. The van der Waals surface area contributed by atoms with Gasteiger partial charge in [0.05, 0.1) is 13.2 Å². The van der Waals surface area contributed by atoms with Crippen LogP contribution in [0.2, 0.25) is 0 Å². The second kappa shape index (κ2) is 10.9. The van der Waals surface area contributed by atoms with Crippen molar-refractivity contribution in [2.45, 2.75) is 13.5 Å². The molecule has 0 unspecified atom stereocenters. The lowest BCUT2D eigenvalue weighted by Crippen LogP contribution is -2.42. The van der Waals surface area contributed by atoms with E-state index in [0.29, 0.717) is 18.7 Å². The topological polar surface area (TPSA) is 42.0 Å². The molecule has 0 bridgehead atoms. The molecule has 0 N–H and O–H groups in total. The molecule has 5 nitrogen and oxygen atoms in total. The van der Waals surface area contributed by atoms with Crippen molar-refractivity contribution in [3.05, 3.63) is 95.6 Å². The Balaban J connectivity index is 1.49. The van der Waals surface area contributed by atoms with Gasteiger partial charge in [0.15, 0.2) is 0 Å². The zero-order chi connectivity index (χ0) is 22.2. The molecule has 1 saturated heterocycles. The summed E-state index contributed by atoms with van der Waals surface area (Å²) in [6.07, 6.45) is 0. The number of hydrogen-bond acceptors (Lipinski definition) is 4. The molecule has 0 radical (unpaired) electrons. The number of nitrogens with zero attached hydrogens (tertiary/aromatic N) is 2. The number of benzene rings is 3. The number of ether oxygens (including phenoxy) is 2. The van der Waals surface area contributed by atoms with E-state index in [1.165, 1.54) is 0 Å². The van der Waals surface area contributed by atoms with E-state index in [1.54, 1.807) is 0 Å². The van der Waals surface area contributed by atoms with Crippen LogP contribution in [-0.4, -0.2) is 55.1 Å². The summed E-state index contributed by atoms with van der Waals surface area (Å²) in [6, 6.07) is 25.5. The summed E-state index contributed by atoms with van der Waals surface area (Å²) < 4.78 is 11.4. The lowest BCUT2D eigenvalue weighted by Gasteiger charge is -2.30. The zero-order valence-electron chi connectivity index (χ0n) is 18.6. The molecule has 0 aromatic heterocycles. The number of rotatable bonds is 8. The maximum Gasteiger partial charge on any atom is 0.254 e. The second-order valence-corrected chi connectivity index (χ2v) is 8.11. The second-order valence-electron chi connectivity index (χ2n) is 8.11. The van der Waals surface area contributed by atoms with E-state index in [2.05, 4.69) is 4.90 Å². The van der Waals surface area contributed by atoms with Gasteiger partial charge in [0.2, 0.25) is 0 Å². The summed E-state index contributed by atoms with van der Waals surface area (Å²) in [5.41, 5.74) is 2.90. The third kappa shape index (κ3) is 6.19. The maximum absolute atomic E-state index is 13.4. The Morgan fingerprint density at radius 2 is 1.66 bits per heavy atom. The summed E-state index contributed by atoms with van der Waals surface area (Å²) in [7, 11) is 0. The first-order valence-electron chi connectivity index (χ1n) is 11.2. The Morgan fingerprint density at radius 1 is 0.938 bits per heavy atom. The lowest BCUT2D eigenvalue weighted by atomic mass is 10.1. The molecule has 3 aromatic carbocycles. The number of amides is 1. The molecule has 1 amide bonds. The minimum absolute atomic E-state index is 0.0487. The number of aryl methyl sites for hydroxylation is 1. The molecule has 1 heterocycles. The van der Waals surface area contributed by atoms with Gasteiger partial charge in [0, 0.05) is 38.3 Å². The van der Waals surface area contributed by atoms with Crippen LogP contribution < -0.4 is 4.74 Å². The minimum Gasteiger partial charge on any atom is -0.457 e. The Kier molecular flexibility index (Phi) is 7.54. The molecule has 32 heavy (non-hydrogen) atoms. The molecule has 5 heteroatoms. The van der Waals surface area contributed by atoms with E-state index in [-0.39, 0.29) is 5.91 Å². The van der Waals surface area contributed by atoms with Gasteiger partial charge in [0.1, 0.15) is 11.5 Å². The SMILES string of the molecule is Cc1ccc(C(=O)N(CCN2CCOCC2)Cc2cccc(Oc3ccccc3)c2)cc1. The molecule has 1 aliphatic rings. The fourth-order valence-electron chi connectivity index (χ4n) is 3.77. The number of morpholine rings is 1. The first-order chi connectivity index (χ1) is 15.7. The van der Waals surface area contributed by atoms with E-state index >= 15 is 0 Å². The van der Waals surface area contributed by atoms with Crippen LogP contribution >= 0.6 is 0 Å². The first-order valence-corrected chi connectivity index (χ1v) is 11.2. The van der Waals surface area contributed by atoms with Crippen LogP contribution in [0.25, 0.3) is 0 Å². The van der Waals surface area contributed by atoms with Crippen molar-refractivity contribution in [3.63, 3.8) is 0 Å². The van der Waals surface area contributed by atoms with Gasteiger partial charge in [-0.15, -0.1) is 0 Å². The van der Waals surface area contributed by atoms with Gasteiger partial charge in [0.25, 0.3) is 5.91 Å². The zero-order valence-corrected chi connectivity index (χ0v) is 18.6. The van der Waals surface area contributed by atoms with Crippen LogP contribution in [0.4, 0.5) is 0 Å². The highest BCUT2D eigenvalue weighted by Gasteiger charge is 2.19. The van der Waals surface area contributed by atoms with Gasteiger partial charge in [-0.2, -0.15) is 0 Å². The summed E-state index contributed by atoms with van der Waals surface area (Å²) in [5, 5.41) is 0. The van der Waals surface area contributed by atoms with E-state index in [0.717, 1.165) is 55.5 Å². The molecular formula is C27H30N2O3. The molecule has 1 fully saturated rings. The molecule has 0 aliphatic carbocycles. The fourth-order valence-corrected chi connectivity index (χ4v) is 3.77. The highest BCUT2D eigenvalue weighted by molar-refractivity contribution is 5.94. The van der Waals surface area contributed by atoms with Crippen molar-refractivity contribution in [1.82, 2.24) is 9.80 Å². The highest BCUT2D eigenvalue weighted by atomic mass is 16.5. The Morgan fingerprint density at radius 3 is 2.41 bits per heavy atom. The molecule has 0 spiro atoms. The minimum atomic E-state index is 0.0487. The van der Waals surface area contributed by atoms with E-state index in [9.17, 15) is 4.79 Å². The largest absolute Gasteiger partial charge is 0.457 e. The van der Waals surface area contributed by atoms with Crippen molar-refractivity contribution in [2.75, 3.05) is 39.4 Å². The monoisotopic (exact) mass is 430 g/mol. The van der Waals surface area contributed by atoms with Gasteiger partial charge in [-0.25, -0.2) is 0 Å². The van der Waals surface area contributed by atoms with Gasteiger partial charge in [-0.05, 0) is 48.9 Å². The van der Waals surface area contributed by atoms with E-state index < -0.39 is 0 Å². The third-order valence-corrected chi connectivity index (χ3v) is 5.63. The Hall–Kier alpha value is -3.15. The van der Waals surface area contributed by atoms with E-state index in [4.69, 9.17) is 9.47 Å². The number of para-hydroxylation sites is 1. The van der Waals surface area contributed by atoms with Crippen LogP contribution in [0.15, 0.2) is 78.9 Å². The molecule has 3 aromatic rings. The fraction of sp³-hybridized carbons (Fsp3) is 0.296. The number of carbonyl (C=O) groups is 1. The highest BCUT2D eigenvalue weighted by Crippen LogP contribution is 2.23. The van der Waals surface area contributed by atoms with Crippen LogP contribution in [-0.2, 0) is 11.3 Å². The molecule has 1 aliphatic heterocycles. The standard InChI is InChI=1S/C27H30N2O3/c1-22-10-12-24(13-11-22)27(30)29(15-14-28-16-18-31-19-17-28)21-23-6-5-9-26(20-23)32-25-7-3-2-4-8-25/h2-13,20H,14-19,21H2,1H3. The smallest absolute Gasteiger partial charge is 0.254 e. The van der Waals surface area contributed by atoms with Crippen molar-refractivity contribution >= 4 is 5.91 Å². The quantitative estimate of drug-likeness (QED) is 0.517. The van der Waals surface area contributed by atoms with Crippen LogP contribution in [0.5, 0.6) is 11.5 Å². The maximum atomic E-state index is 13.4. The molecule has 0 saturated carbocycles. The summed E-state index contributed by atoms with van der Waals surface area (Å²) >= 11 is 0.